The second kappa shape index (κ2) is 8.00. The van der Waals surface area contributed by atoms with Gasteiger partial charge in [0.2, 0.25) is 10.0 Å². The number of rotatable bonds is 5. The SMILES string of the molecule is CN(C)S(=O)(=O)c1cc(C(=O)N2CCCC2Cc2ccccc2)ccc1Cl. The largest absolute Gasteiger partial charge is 0.335 e. The highest BCUT2D eigenvalue weighted by molar-refractivity contribution is 7.89. The molecule has 0 saturated carbocycles. The van der Waals surface area contributed by atoms with Crippen LogP contribution in [0.15, 0.2) is 53.4 Å². The molecule has 2 aromatic carbocycles. The summed E-state index contributed by atoms with van der Waals surface area (Å²) in [7, 11) is -0.837. The number of hydrogen-bond acceptors (Lipinski definition) is 3. The van der Waals surface area contributed by atoms with E-state index in [0.29, 0.717) is 12.1 Å². The maximum Gasteiger partial charge on any atom is 0.254 e. The van der Waals surface area contributed by atoms with Crippen LogP contribution in [0, 0.1) is 0 Å². The number of carbonyl (C=O) groups is 1. The molecule has 0 spiro atoms. The van der Waals surface area contributed by atoms with E-state index in [1.807, 2.05) is 23.1 Å². The molecule has 0 aromatic heterocycles. The zero-order valence-electron chi connectivity index (χ0n) is 15.4. The van der Waals surface area contributed by atoms with E-state index in [0.717, 1.165) is 23.6 Å². The normalized spacial score (nSPS) is 17.5. The number of benzene rings is 2. The average Bonchev–Trinajstić information content (AvgIpc) is 3.10. The van der Waals surface area contributed by atoms with Gasteiger partial charge in [-0.2, -0.15) is 0 Å². The van der Waals surface area contributed by atoms with Gasteiger partial charge in [0.15, 0.2) is 0 Å². The third kappa shape index (κ3) is 4.18. The molecule has 7 heteroatoms. The molecular formula is C20H23ClN2O3S. The summed E-state index contributed by atoms with van der Waals surface area (Å²) in [5.41, 5.74) is 1.54. The molecule has 27 heavy (non-hydrogen) atoms. The van der Waals surface area contributed by atoms with Crippen molar-refractivity contribution in [3.63, 3.8) is 0 Å². The Kier molecular flexibility index (Phi) is 5.89. The van der Waals surface area contributed by atoms with Crippen molar-refractivity contribution < 1.29 is 13.2 Å². The van der Waals surface area contributed by atoms with Crippen molar-refractivity contribution in [2.24, 2.45) is 0 Å². The summed E-state index contributed by atoms with van der Waals surface area (Å²) in [6.45, 7) is 0.675. The van der Waals surface area contributed by atoms with Gasteiger partial charge in [-0.25, -0.2) is 12.7 Å². The van der Waals surface area contributed by atoms with Gasteiger partial charge < -0.3 is 4.90 Å². The summed E-state index contributed by atoms with van der Waals surface area (Å²) in [5, 5.41) is 0.113. The van der Waals surface area contributed by atoms with Crippen LogP contribution in [0.1, 0.15) is 28.8 Å². The van der Waals surface area contributed by atoms with Crippen molar-refractivity contribution in [3.8, 4) is 0 Å². The first-order valence-electron chi connectivity index (χ1n) is 8.87. The van der Waals surface area contributed by atoms with E-state index in [9.17, 15) is 13.2 Å². The summed E-state index contributed by atoms with van der Waals surface area (Å²) in [6, 6.07) is 14.7. The predicted molar refractivity (Wildman–Crippen MR) is 107 cm³/mol. The third-order valence-electron chi connectivity index (χ3n) is 4.89. The molecule has 1 atom stereocenters. The molecule has 1 unspecified atom stereocenters. The Morgan fingerprint density at radius 1 is 1.19 bits per heavy atom. The number of hydrogen-bond donors (Lipinski definition) is 0. The molecule has 1 heterocycles. The number of carbonyl (C=O) groups excluding carboxylic acids is 1. The highest BCUT2D eigenvalue weighted by atomic mass is 35.5. The van der Waals surface area contributed by atoms with Crippen molar-refractivity contribution in [2.75, 3.05) is 20.6 Å². The number of sulfonamides is 1. The topological polar surface area (TPSA) is 57.7 Å². The van der Waals surface area contributed by atoms with E-state index in [4.69, 9.17) is 11.6 Å². The lowest BCUT2D eigenvalue weighted by molar-refractivity contribution is 0.0736. The van der Waals surface area contributed by atoms with Crippen molar-refractivity contribution in [2.45, 2.75) is 30.2 Å². The predicted octanol–water partition coefficient (Wildman–Crippen LogP) is 3.44. The van der Waals surface area contributed by atoms with Crippen LogP contribution in [0.4, 0.5) is 0 Å². The molecule has 0 radical (unpaired) electrons. The molecule has 1 aliphatic rings. The van der Waals surface area contributed by atoms with Crippen LogP contribution in [0.5, 0.6) is 0 Å². The maximum absolute atomic E-state index is 13.1. The van der Waals surface area contributed by atoms with E-state index in [1.165, 1.54) is 31.8 Å². The number of amides is 1. The molecule has 1 fully saturated rings. The van der Waals surface area contributed by atoms with Crippen LogP contribution in [-0.4, -0.2) is 50.2 Å². The second-order valence-electron chi connectivity index (χ2n) is 6.92. The zero-order valence-corrected chi connectivity index (χ0v) is 17.0. The fraction of sp³-hybridized carbons (Fsp3) is 0.350. The highest BCUT2D eigenvalue weighted by Crippen LogP contribution is 2.28. The van der Waals surface area contributed by atoms with Crippen molar-refractivity contribution in [3.05, 3.63) is 64.7 Å². The van der Waals surface area contributed by atoms with Crippen LogP contribution in [0.25, 0.3) is 0 Å². The van der Waals surface area contributed by atoms with Crippen LogP contribution < -0.4 is 0 Å². The Morgan fingerprint density at radius 2 is 1.89 bits per heavy atom. The van der Waals surface area contributed by atoms with Gasteiger partial charge in [0, 0.05) is 32.2 Å². The standard InChI is InChI=1S/C20H23ClN2O3S/c1-22(2)27(25,26)19-14-16(10-11-18(19)21)20(24)23-12-6-9-17(23)13-15-7-4-3-5-8-15/h3-5,7-8,10-11,14,17H,6,9,12-13H2,1-2H3. The van der Waals surface area contributed by atoms with Gasteiger partial charge in [0.05, 0.1) is 5.02 Å². The van der Waals surface area contributed by atoms with E-state index >= 15 is 0 Å². The van der Waals surface area contributed by atoms with Crippen molar-refractivity contribution in [1.29, 1.82) is 0 Å². The average molecular weight is 407 g/mol. The first-order chi connectivity index (χ1) is 12.8. The van der Waals surface area contributed by atoms with E-state index < -0.39 is 10.0 Å². The molecule has 2 aromatic rings. The Balaban J connectivity index is 1.87. The maximum atomic E-state index is 13.1. The van der Waals surface area contributed by atoms with Crippen LogP contribution in [0.3, 0.4) is 0 Å². The first-order valence-corrected chi connectivity index (χ1v) is 10.7. The van der Waals surface area contributed by atoms with Gasteiger partial charge in [-0.3, -0.25) is 4.79 Å². The van der Waals surface area contributed by atoms with Gasteiger partial charge >= 0.3 is 0 Å². The van der Waals surface area contributed by atoms with Crippen LogP contribution in [0.2, 0.25) is 5.02 Å². The molecule has 0 bridgehead atoms. The quantitative estimate of drug-likeness (QED) is 0.764. The summed E-state index contributed by atoms with van der Waals surface area (Å²) < 4.78 is 26.0. The van der Waals surface area contributed by atoms with Crippen molar-refractivity contribution >= 4 is 27.5 Å². The first kappa shape index (κ1) is 19.9. The Bertz CT molecular complexity index is 929. The Morgan fingerprint density at radius 3 is 2.56 bits per heavy atom. The minimum absolute atomic E-state index is 0.0428. The third-order valence-corrected chi connectivity index (χ3v) is 7.19. The van der Waals surface area contributed by atoms with Crippen LogP contribution in [-0.2, 0) is 16.4 Å². The Labute approximate surface area is 165 Å². The fourth-order valence-corrected chi connectivity index (χ4v) is 4.79. The molecule has 3 rings (SSSR count). The summed E-state index contributed by atoms with van der Waals surface area (Å²) in [5.74, 6) is -0.152. The van der Waals surface area contributed by atoms with Gasteiger partial charge in [-0.1, -0.05) is 41.9 Å². The molecule has 0 N–H and O–H groups in total. The summed E-state index contributed by atoms with van der Waals surface area (Å²) in [6.07, 6.45) is 2.68. The minimum atomic E-state index is -3.72. The number of nitrogens with zero attached hydrogens (tertiary/aromatic N) is 2. The second-order valence-corrected chi connectivity index (χ2v) is 9.44. The minimum Gasteiger partial charge on any atom is -0.335 e. The molecule has 144 valence electrons. The molecule has 0 aliphatic carbocycles. The van der Waals surface area contributed by atoms with Crippen LogP contribution >= 0.6 is 11.6 Å². The number of halogens is 1. The van der Waals surface area contributed by atoms with Crippen molar-refractivity contribution in [1.82, 2.24) is 9.21 Å². The summed E-state index contributed by atoms with van der Waals surface area (Å²) >= 11 is 6.09. The molecular weight excluding hydrogens is 384 g/mol. The highest BCUT2D eigenvalue weighted by Gasteiger charge is 2.31. The molecule has 5 nitrogen and oxygen atoms in total. The molecule has 1 aliphatic heterocycles. The molecule has 1 saturated heterocycles. The lowest BCUT2D eigenvalue weighted by Crippen LogP contribution is -2.37. The Hall–Kier alpha value is -1.89. The smallest absolute Gasteiger partial charge is 0.254 e. The zero-order chi connectivity index (χ0) is 19.6. The van der Waals surface area contributed by atoms with Gasteiger partial charge in [-0.05, 0) is 43.0 Å². The monoisotopic (exact) mass is 406 g/mol. The molecule has 1 amide bonds. The van der Waals surface area contributed by atoms with E-state index in [-0.39, 0.29) is 21.9 Å². The van der Waals surface area contributed by atoms with E-state index in [2.05, 4.69) is 12.1 Å². The summed E-state index contributed by atoms with van der Waals surface area (Å²) in [4.78, 5) is 14.9. The number of likely N-dealkylation sites (tertiary alicyclic amines) is 1. The lowest BCUT2D eigenvalue weighted by atomic mass is 10.0. The van der Waals surface area contributed by atoms with E-state index in [1.54, 1.807) is 6.07 Å². The van der Waals surface area contributed by atoms with Gasteiger partial charge in [0.1, 0.15) is 4.90 Å². The fourth-order valence-electron chi connectivity index (χ4n) is 3.40. The van der Waals surface area contributed by atoms with Gasteiger partial charge in [0.25, 0.3) is 5.91 Å². The lowest BCUT2D eigenvalue weighted by Gasteiger charge is -2.25. The van der Waals surface area contributed by atoms with Gasteiger partial charge in [-0.15, -0.1) is 0 Å².